The van der Waals surface area contributed by atoms with Crippen molar-refractivity contribution in [2.45, 2.75) is 31.1 Å². The Balaban J connectivity index is 1.67. The lowest BCUT2D eigenvalue weighted by atomic mass is 10.1. The Morgan fingerprint density at radius 2 is 2.03 bits per heavy atom. The first-order chi connectivity index (χ1) is 14.8. The molecule has 0 spiro atoms. The van der Waals surface area contributed by atoms with E-state index in [9.17, 15) is 18.0 Å². The number of fused-ring (bicyclic) bond motifs is 1. The topological polar surface area (TPSA) is 108 Å². The molecule has 0 fully saturated rings. The van der Waals surface area contributed by atoms with Crippen molar-refractivity contribution in [3.05, 3.63) is 58.6 Å². The zero-order chi connectivity index (χ0) is 22.4. The highest BCUT2D eigenvalue weighted by Crippen LogP contribution is 2.27. The minimum Gasteiger partial charge on any atom is -0.353 e. The molecule has 3 rings (SSSR count). The third-order valence-electron chi connectivity index (χ3n) is 4.90. The normalized spacial score (nSPS) is 13.4. The third-order valence-corrected chi connectivity index (χ3v) is 6.46. The minimum atomic E-state index is -3.97. The van der Waals surface area contributed by atoms with Gasteiger partial charge in [0.25, 0.3) is 15.9 Å². The third kappa shape index (κ3) is 5.89. The number of nitrogens with one attached hydrogen (secondary N) is 3. The van der Waals surface area contributed by atoms with E-state index < -0.39 is 16.1 Å². The van der Waals surface area contributed by atoms with Gasteiger partial charge < -0.3 is 15.5 Å². The monoisotopic (exact) mass is 464 g/mol. The van der Waals surface area contributed by atoms with Crippen molar-refractivity contribution in [2.24, 2.45) is 0 Å². The molecule has 1 aliphatic heterocycles. The molecular weight excluding hydrogens is 440 g/mol. The summed E-state index contributed by atoms with van der Waals surface area (Å²) in [6, 6.07) is 10.9. The van der Waals surface area contributed by atoms with Gasteiger partial charge in [0.05, 0.1) is 22.8 Å². The minimum absolute atomic E-state index is 0.0229. The van der Waals surface area contributed by atoms with Crippen LogP contribution in [0.2, 0.25) is 5.02 Å². The number of urea groups is 1. The molecule has 2 aromatic rings. The van der Waals surface area contributed by atoms with Gasteiger partial charge in [0.15, 0.2) is 0 Å². The molecule has 1 aliphatic rings. The zero-order valence-electron chi connectivity index (χ0n) is 17.2. The van der Waals surface area contributed by atoms with E-state index in [-0.39, 0.29) is 10.8 Å². The van der Waals surface area contributed by atoms with Gasteiger partial charge in [0.1, 0.15) is 0 Å². The predicted molar refractivity (Wildman–Crippen MR) is 120 cm³/mol. The Kier molecular flexibility index (Phi) is 7.40. The molecule has 0 saturated carbocycles. The Bertz CT molecular complexity index is 1070. The molecule has 0 aliphatic carbocycles. The second kappa shape index (κ2) is 10.0. The van der Waals surface area contributed by atoms with Crippen LogP contribution in [0.1, 0.15) is 35.7 Å². The van der Waals surface area contributed by atoms with Crippen molar-refractivity contribution in [3.8, 4) is 0 Å². The van der Waals surface area contributed by atoms with Crippen molar-refractivity contribution in [1.29, 1.82) is 0 Å². The summed E-state index contributed by atoms with van der Waals surface area (Å²) in [6.45, 7) is 3.30. The number of carbonyl (C=O) groups excluding carboxylic acids is 2. The van der Waals surface area contributed by atoms with Crippen molar-refractivity contribution < 1.29 is 18.0 Å². The molecule has 0 aromatic heterocycles. The molecule has 1 heterocycles. The van der Waals surface area contributed by atoms with Crippen LogP contribution in [0, 0.1) is 0 Å². The first kappa shape index (κ1) is 22.9. The summed E-state index contributed by atoms with van der Waals surface area (Å²) in [4.78, 5) is 25.9. The van der Waals surface area contributed by atoms with Crippen LogP contribution >= 0.6 is 11.6 Å². The number of rotatable bonds is 8. The van der Waals surface area contributed by atoms with Crippen LogP contribution in [0.3, 0.4) is 0 Å². The highest BCUT2D eigenvalue weighted by molar-refractivity contribution is 7.90. The standard InChI is InChI=1S/C21H25ClN4O4S/c1-2-3-10-23-21(28)25-31(29,30)17-6-4-5-15(12-17)9-11-26-14-24-20(27)18-13-16(22)7-8-19(18)26/h4-8,12-13H,2-3,9-11,14H2,1H3,(H,24,27)(H2,23,25,28). The lowest BCUT2D eigenvalue weighted by Crippen LogP contribution is -2.44. The highest BCUT2D eigenvalue weighted by Gasteiger charge is 2.23. The number of anilines is 1. The second-order valence-corrected chi connectivity index (χ2v) is 9.32. The van der Waals surface area contributed by atoms with Crippen molar-refractivity contribution in [3.63, 3.8) is 0 Å². The number of unbranched alkanes of at least 4 members (excludes halogenated alkanes) is 1. The van der Waals surface area contributed by atoms with Gasteiger partial charge in [0, 0.05) is 18.1 Å². The molecule has 0 saturated heterocycles. The van der Waals surface area contributed by atoms with Crippen LogP contribution in [-0.4, -0.2) is 40.1 Å². The molecule has 0 unspecified atom stereocenters. The van der Waals surface area contributed by atoms with Crippen molar-refractivity contribution in [2.75, 3.05) is 24.7 Å². The van der Waals surface area contributed by atoms with Gasteiger partial charge in [0.2, 0.25) is 0 Å². The molecule has 0 bridgehead atoms. The SMILES string of the molecule is CCCCNC(=O)NS(=O)(=O)c1cccc(CCN2CNC(=O)c3cc(Cl)ccc32)c1. The van der Waals surface area contributed by atoms with E-state index >= 15 is 0 Å². The first-order valence-corrected chi connectivity index (χ1v) is 11.9. The number of hydrogen-bond acceptors (Lipinski definition) is 5. The quantitative estimate of drug-likeness (QED) is 0.520. The van der Waals surface area contributed by atoms with Gasteiger partial charge in [-0.15, -0.1) is 0 Å². The summed E-state index contributed by atoms with van der Waals surface area (Å²) in [7, 11) is -3.97. The predicted octanol–water partition coefficient (Wildman–Crippen LogP) is 2.88. The summed E-state index contributed by atoms with van der Waals surface area (Å²) in [5, 5.41) is 5.82. The van der Waals surface area contributed by atoms with Gasteiger partial charge in [-0.1, -0.05) is 37.1 Å². The maximum Gasteiger partial charge on any atom is 0.328 e. The highest BCUT2D eigenvalue weighted by atomic mass is 35.5. The summed E-state index contributed by atoms with van der Waals surface area (Å²) in [5.41, 5.74) is 2.08. The average molecular weight is 465 g/mol. The van der Waals surface area contributed by atoms with Crippen LogP contribution in [0.5, 0.6) is 0 Å². The summed E-state index contributed by atoms with van der Waals surface area (Å²) >= 11 is 6.00. The van der Waals surface area contributed by atoms with E-state index in [0.29, 0.717) is 36.8 Å². The molecule has 8 nitrogen and oxygen atoms in total. The van der Waals surface area contributed by atoms with Crippen LogP contribution in [0.25, 0.3) is 0 Å². The van der Waals surface area contributed by atoms with E-state index in [1.807, 2.05) is 22.6 Å². The van der Waals surface area contributed by atoms with Gasteiger partial charge in [-0.25, -0.2) is 17.9 Å². The first-order valence-electron chi connectivity index (χ1n) is 10.0. The molecule has 166 valence electrons. The lowest BCUT2D eigenvalue weighted by molar-refractivity contribution is 0.0947. The number of hydrogen-bond donors (Lipinski definition) is 3. The number of benzene rings is 2. The van der Waals surface area contributed by atoms with Gasteiger partial charge in [-0.05, 0) is 48.7 Å². The molecule has 3 N–H and O–H groups in total. The van der Waals surface area contributed by atoms with E-state index in [0.717, 1.165) is 24.1 Å². The average Bonchev–Trinajstić information content (AvgIpc) is 2.73. The largest absolute Gasteiger partial charge is 0.353 e. The molecule has 2 aromatic carbocycles. The summed E-state index contributed by atoms with van der Waals surface area (Å²) in [5.74, 6) is -0.176. The van der Waals surface area contributed by atoms with Crippen LogP contribution in [-0.2, 0) is 16.4 Å². The Morgan fingerprint density at radius 1 is 1.23 bits per heavy atom. The van der Waals surface area contributed by atoms with Crippen molar-refractivity contribution >= 4 is 39.2 Å². The van der Waals surface area contributed by atoms with E-state index in [1.165, 1.54) is 6.07 Å². The molecule has 31 heavy (non-hydrogen) atoms. The number of nitrogens with zero attached hydrogens (tertiary/aromatic N) is 1. The number of amides is 3. The van der Waals surface area contributed by atoms with Crippen LogP contribution in [0.15, 0.2) is 47.4 Å². The molecule has 0 atom stereocenters. The maximum atomic E-state index is 12.5. The number of sulfonamides is 1. The molecule has 10 heteroatoms. The van der Waals surface area contributed by atoms with E-state index in [2.05, 4.69) is 10.6 Å². The fourth-order valence-corrected chi connectivity index (χ4v) is 4.41. The number of carbonyl (C=O) groups is 2. The van der Waals surface area contributed by atoms with Gasteiger partial charge in [-0.3, -0.25) is 4.79 Å². The van der Waals surface area contributed by atoms with E-state index in [4.69, 9.17) is 11.6 Å². The summed E-state index contributed by atoms with van der Waals surface area (Å²) < 4.78 is 27.1. The van der Waals surface area contributed by atoms with Gasteiger partial charge in [-0.2, -0.15) is 0 Å². The fourth-order valence-electron chi connectivity index (χ4n) is 3.24. The Morgan fingerprint density at radius 3 is 2.81 bits per heavy atom. The van der Waals surface area contributed by atoms with Crippen LogP contribution in [0.4, 0.5) is 10.5 Å². The Labute approximate surface area is 187 Å². The lowest BCUT2D eigenvalue weighted by Gasteiger charge is -2.31. The van der Waals surface area contributed by atoms with Crippen LogP contribution < -0.4 is 20.3 Å². The smallest absolute Gasteiger partial charge is 0.328 e. The van der Waals surface area contributed by atoms with Crippen molar-refractivity contribution in [1.82, 2.24) is 15.4 Å². The fraction of sp³-hybridized carbons (Fsp3) is 0.333. The van der Waals surface area contributed by atoms with Gasteiger partial charge >= 0.3 is 6.03 Å². The number of halogens is 1. The zero-order valence-corrected chi connectivity index (χ0v) is 18.7. The van der Waals surface area contributed by atoms with E-state index in [1.54, 1.807) is 30.3 Å². The summed E-state index contributed by atoms with van der Waals surface area (Å²) in [6.07, 6.45) is 2.21. The molecular formula is C21H25ClN4O4S. The molecule has 3 amide bonds. The molecule has 0 radical (unpaired) electrons. The maximum absolute atomic E-state index is 12.5. The second-order valence-electron chi connectivity index (χ2n) is 7.20. The Hall–Kier alpha value is -2.78.